The van der Waals surface area contributed by atoms with Crippen molar-refractivity contribution in [1.29, 1.82) is 0 Å². The summed E-state index contributed by atoms with van der Waals surface area (Å²) in [6, 6.07) is 3.87. The second-order valence-corrected chi connectivity index (χ2v) is 3.51. The van der Waals surface area contributed by atoms with Gasteiger partial charge in [0.15, 0.2) is 0 Å². The molecule has 0 spiro atoms. The summed E-state index contributed by atoms with van der Waals surface area (Å²) in [7, 11) is 1.62. The summed E-state index contributed by atoms with van der Waals surface area (Å²) in [6.07, 6.45) is 2.77. The Hall–Kier alpha value is -1.09. The maximum absolute atomic E-state index is 6.11. The molecule has 0 aliphatic heterocycles. The topological polar surface area (TPSA) is 48.1 Å². The van der Waals surface area contributed by atoms with Gasteiger partial charge < -0.3 is 10.5 Å². The maximum atomic E-state index is 6.11. The average Bonchev–Trinajstić information content (AvgIpc) is 2.26. The third-order valence-electron chi connectivity index (χ3n) is 2.61. The summed E-state index contributed by atoms with van der Waals surface area (Å²) in [5, 5.41) is 0. The minimum Gasteiger partial charge on any atom is -0.481 e. The molecule has 3 heteroatoms. The van der Waals surface area contributed by atoms with Gasteiger partial charge in [-0.2, -0.15) is 0 Å². The lowest BCUT2D eigenvalue weighted by molar-refractivity contribution is 0.373. The first kappa shape index (κ1) is 11.0. The van der Waals surface area contributed by atoms with Crippen molar-refractivity contribution in [3.05, 3.63) is 23.9 Å². The summed E-state index contributed by atoms with van der Waals surface area (Å²) < 4.78 is 5.17. The molecule has 0 aliphatic carbocycles. The van der Waals surface area contributed by atoms with Crippen LogP contribution >= 0.6 is 0 Å². The van der Waals surface area contributed by atoms with Gasteiger partial charge in [-0.3, -0.25) is 0 Å². The molecule has 1 aromatic heterocycles. The normalized spacial score (nSPS) is 14.9. The molecule has 2 atom stereocenters. The van der Waals surface area contributed by atoms with Crippen molar-refractivity contribution >= 4 is 0 Å². The zero-order valence-electron chi connectivity index (χ0n) is 9.03. The first-order chi connectivity index (χ1) is 6.70. The third-order valence-corrected chi connectivity index (χ3v) is 2.61. The van der Waals surface area contributed by atoms with Gasteiger partial charge in [0.25, 0.3) is 0 Å². The average molecular weight is 194 g/mol. The van der Waals surface area contributed by atoms with Crippen LogP contribution in [0.3, 0.4) is 0 Å². The summed E-state index contributed by atoms with van der Waals surface area (Å²) in [5.41, 5.74) is 7.10. The van der Waals surface area contributed by atoms with Crippen LogP contribution in [0.25, 0.3) is 0 Å². The maximum Gasteiger partial charge on any atom is 0.217 e. The van der Waals surface area contributed by atoms with Crippen molar-refractivity contribution in [3.8, 4) is 5.88 Å². The smallest absolute Gasteiger partial charge is 0.217 e. The monoisotopic (exact) mass is 194 g/mol. The van der Waals surface area contributed by atoms with Gasteiger partial charge in [0, 0.05) is 17.8 Å². The number of nitrogens with two attached hydrogens (primary N) is 1. The lowest BCUT2D eigenvalue weighted by atomic mass is 9.94. The van der Waals surface area contributed by atoms with Crippen LogP contribution in [-0.4, -0.2) is 12.1 Å². The SMILES string of the molecule is CCC(C)C(N)c1cccnc1OC. The van der Waals surface area contributed by atoms with Gasteiger partial charge in [0.1, 0.15) is 0 Å². The molecule has 78 valence electrons. The van der Waals surface area contributed by atoms with E-state index in [9.17, 15) is 0 Å². The Bertz CT molecular complexity index is 288. The summed E-state index contributed by atoms with van der Waals surface area (Å²) >= 11 is 0. The minimum atomic E-state index is 0.00338. The van der Waals surface area contributed by atoms with E-state index in [1.165, 1.54) is 0 Å². The molecule has 0 aliphatic rings. The Balaban J connectivity index is 2.93. The predicted molar refractivity (Wildman–Crippen MR) is 57.2 cm³/mol. The van der Waals surface area contributed by atoms with Crippen molar-refractivity contribution in [2.75, 3.05) is 7.11 Å². The van der Waals surface area contributed by atoms with Gasteiger partial charge in [-0.25, -0.2) is 4.98 Å². The Morgan fingerprint density at radius 3 is 2.86 bits per heavy atom. The van der Waals surface area contributed by atoms with Crippen LogP contribution in [0.1, 0.15) is 31.9 Å². The van der Waals surface area contributed by atoms with Gasteiger partial charge in [0.2, 0.25) is 5.88 Å². The van der Waals surface area contributed by atoms with E-state index in [2.05, 4.69) is 18.8 Å². The first-order valence-corrected chi connectivity index (χ1v) is 4.95. The number of aromatic nitrogens is 1. The number of ether oxygens (including phenoxy) is 1. The molecule has 0 fully saturated rings. The number of methoxy groups -OCH3 is 1. The van der Waals surface area contributed by atoms with Crippen molar-refractivity contribution in [3.63, 3.8) is 0 Å². The van der Waals surface area contributed by atoms with Gasteiger partial charge in [-0.05, 0) is 12.0 Å². The Morgan fingerprint density at radius 2 is 2.29 bits per heavy atom. The fourth-order valence-electron chi connectivity index (χ4n) is 1.39. The summed E-state index contributed by atoms with van der Waals surface area (Å²) in [5.74, 6) is 1.08. The van der Waals surface area contributed by atoms with Crippen molar-refractivity contribution in [2.24, 2.45) is 11.7 Å². The standard InChI is InChI=1S/C11H18N2O/c1-4-8(2)10(12)9-6-5-7-13-11(9)14-3/h5-8,10H,4,12H2,1-3H3. The summed E-state index contributed by atoms with van der Waals surface area (Å²) in [6.45, 7) is 4.27. The fraction of sp³-hybridized carbons (Fsp3) is 0.545. The van der Waals surface area contributed by atoms with Gasteiger partial charge in [0.05, 0.1) is 7.11 Å². The van der Waals surface area contributed by atoms with E-state index >= 15 is 0 Å². The van der Waals surface area contributed by atoms with Gasteiger partial charge in [-0.1, -0.05) is 26.3 Å². The Labute approximate surface area is 85.3 Å². The van der Waals surface area contributed by atoms with E-state index < -0.39 is 0 Å². The fourth-order valence-corrected chi connectivity index (χ4v) is 1.39. The highest BCUT2D eigenvalue weighted by Gasteiger charge is 2.17. The number of nitrogens with zero attached hydrogens (tertiary/aromatic N) is 1. The van der Waals surface area contributed by atoms with Crippen LogP contribution in [0.2, 0.25) is 0 Å². The second kappa shape index (κ2) is 4.96. The molecule has 0 radical (unpaired) electrons. The quantitative estimate of drug-likeness (QED) is 0.798. The molecule has 0 amide bonds. The highest BCUT2D eigenvalue weighted by atomic mass is 16.5. The molecule has 1 heterocycles. The number of hydrogen-bond donors (Lipinski definition) is 1. The molecule has 3 nitrogen and oxygen atoms in total. The lowest BCUT2D eigenvalue weighted by Gasteiger charge is -2.19. The molecule has 2 unspecified atom stereocenters. The van der Waals surface area contributed by atoms with Crippen LogP contribution in [0.15, 0.2) is 18.3 Å². The van der Waals surface area contributed by atoms with Crippen LogP contribution < -0.4 is 10.5 Å². The minimum absolute atomic E-state index is 0.00338. The van der Waals surface area contributed by atoms with Crippen molar-refractivity contribution in [2.45, 2.75) is 26.3 Å². The van der Waals surface area contributed by atoms with Gasteiger partial charge in [-0.15, -0.1) is 0 Å². The van der Waals surface area contributed by atoms with E-state index in [-0.39, 0.29) is 6.04 Å². The predicted octanol–water partition coefficient (Wildman–Crippen LogP) is 2.14. The molecular weight excluding hydrogens is 176 g/mol. The van der Waals surface area contributed by atoms with Crippen LogP contribution in [-0.2, 0) is 0 Å². The molecule has 14 heavy (non-hydrogen) atoms. The molecule has 0 saturated heterocycles. The molecule has 1 aromatic rings. The number of hydrogen-bond acceptors (Lipinski definition) is 3. The van der Waals surface area contributed by atoms with Crippen molar-refractivity contribution in [1.82, 2.24) is 4.98 Å². The van der Waals surface area contributed by atoms with E-state index in [0.717, 1.165) is 12.0 Å². The lowest BCUT2D eigenvalue weighted by Crippen LogP contribution is -2.19. The van der Waals surface area contributed by atoms with Crippen LogP contribution in [0, 0.1) is 5.92 Å². The second-order valence-electron chi connectivity index (χ2n) is 3.51. The van der Waals surface area contributed by atoms with Crippen LogP contribution in [0.5, 0.6) is 5.88 Å². The van der Waals surface area contributed by atoms with E-state index in [0.29, 0.717) is 11.8 Å². The van der Waals surface area contributed by atoms with Gasteiger partial charge >= 0.3 is 0 Å². The third kappa shape index (κ3) is 2.23. The Morgan fingerprint density at radius 1 is 1.57 bits per heavy atom. The number of pyridine rings is 1. The van der Waals surface area contributed by atoms with Crippen molar-refractivity contribution < 1.29 is 4.74 Å². The highest BCUT2D eigenvalue weighted by molar-refractivity contribution is 5.28. The first-order valence-electron chi connectivity index (χ1n) is 4.95. The van der Waals surface area contributed by atoms with E-state index in [1.807, 2.05) is 12.1 Å². The highest BCUT2D eigenvalue weighted by Crippen LogP contribution is 2.27. The zero-order valence-corrected chi connectivity index (χ0v) is 9.03. The molecule has 2 N–H and O–H groups in total. The number of rotatable bonds is 4. The molecule has 0 aromatic carbocycles. The molecule has 1 rings (SSSR count). The molecule has 0 bridgehead atoms. The molecular formula is C11H18N2O. The van der Waals surface area contributed by atoms with Crippen LogP contribution in [0.4, 0.5) is 0 Å². The van der Waals surface area contributed by atoms with E-state index in [4.69, 9.17) is 10.5 Å². The zero-order chi connectivity index (χ0) is 10.6. The molecule has 0 saturated carbocycles. The Kier molecular flexibility index (Phi) is 3.89. The largest absolute Gasteiger partial charge is 0.481 e. The summed E-state index contributed by atoms with van der Waals surface area (Å²) in [4.78, 5) is 4.13. The van der Waals surface area contributed by atoms with E-state index in [1.54, 1.807) is 13.3 Å².